The molecular weight excluding hydrogens is 378 g/mol. The van der Waals surface area contributed by atoms with Gasteiger partial charge >= 0.3 is 5.97 Å². The van der Waals surface area contributed by atoms with Crippen LogP contribution >= 0.6 is 11.6 Å². The summed E-state index contributed by atoms with van der Waals surface area (Å²) < 4.78 is 6.85. The van der Waals surface area contributed by atoms with Crippen LogP contribution < -0.4 is 4.90 Å². The monoisotopic (exact) mass is 397 g/mol. The number of nitrogens with zero attached hydrogens (tertiary/aromatic N) is 3. The third-order valence-electron chi connectivity index (χ3n) is 4.31. The normalized spacial score (nSPS) is 11.7. The Morgan fingerprint density at radius 1 is 1.07 bits per heavy atom. The molecule has 1 aromatic heterocycles. The van der Waals surface area contributed by atoms with Crippen molar-refractivity contribution in [2.45, 2.75) is 20.0 Å². The molecule has 0 aliphatic rings. The zero-order chi connectivity index (χ0) is 20.3. The summed E-state index contributed by atoms with van der Waals surface area (Å²) in [5.74, 6) is -1.03. The lowest BCUT2D eigenvalue weighted by atomic mass is 10.2. The number of carbonyl (C=O) groups excluding carboxylic acids is 2. The van der Waals surface area contributed by atoms with E-state index in [1.807, 2.05) is 48.5 Å². The van der Waals surface area contributed by atoms with Crippen LogP contribution in [-0.4, -0.2) is 34.8 Å². The average Bonchev–Trinajstić information content (AvgIpc) is 3.02. The number of carbonyl (C=O) groups is 2. The maximum atomic E-state index is 12.7. The van der Waals surface area contributed by atoms with Crippen molar-refractivity contribution in [3.05, 3.63) is 77.1 Å². The van der Waals surface area contributed by atoms with Gasteiger partial charge in [0.2, 0.25) is 0 Å². The van der Waals surface area contributed by atoms with Crippen molar-refractivity contribution < 1.29 is 14.3 Å². The van der Waals surface area contributed by atoms with Crippen LogP contribution in [0.4, 0.5) is 5.69 Å². The number of rotatable bonds is 5. The average molecular weight is 398 g/mol. The highest BCUT2D eigenvalue weighted by Gasteiger charge is 2.27. The molecule has 3 rings (SSSR count). The zero-order valence-electron chi connectivity index (χ0n) is 15.8. The number of hydrogen-bond acceptors (Lipinski definition) is 4. The van der Waals surface area contributed by atoms with Crippen LogP contribution in [0.1, 0.15) is 23.0 Å². The summed E-state index contributed by atoms with van der Waals surface area (Å²) >= 11 is 6.38. The molecule has 0 unspecified atom stereocenters. The molecule has 0 fully saturated rings. The van der Waals surface area contributed by atoms with Gasteiger partial charge in [0, 0.05) is 12.7 Å². The van der Waals surface area contributed by atoms with Gasteiger partial charge in [-0.3, -0.25) is 4.79 Å². The number of ether oxygens (including phenoxy) is 1. The van der Waals surface area contributed by atoms with E-state index in [9.17, 15) is 9.59 Å². The molecule has 6 nitrogen and oxygen atoms in total. The van der Waals surface area contributed by atoms with Crippen molar-refractivity contribution in [3.8, 4) is 5.69 Å². The van der Waals surface area contributed by atoms with Crippen LogP contribution in [0.3, 0.4) is 0 Å². The second kappa shape index (κ2) is 8.27. The summed E-state index contributed by atoms with van der Waals surface area (Å²) in [6.07, 6.45) is -0.978. The molecule has 0 bridgehead atoms. The van der Waals surface area contributed by atoms with E-state index >= 15 is 0 Å². The Kier molecular flexibility index (Phi) is 5.80. The molecule has 7 heteroatoms. The zero-order valence-corrected chi connectivity index (χ0v) is 16.6. The van der Waals surface area contributed by atoms with Crippen molar-refractivity contribution in [2.75, 3.05) is 11.9 Å². The summed E-state index contributed by atoms with van der Waals surface area (Å²) in [5.41, 5.74) is 2.01. The molecule has 0 radical (unpaired) electrons. The number of likely N-dealkylation sites (N-methyl/N-ethyl adjacent to an activating group) is 1. The fourth-order valence-electron chi connectivity index (χ4n) is 2.79. The maximum absolute atomic E-state index is 12.7. The molecule has 28 heavy (non-hydrogen) atoms. The number of para-hydroxylation sites is 2. The molecule has 1 atom stereocenters. The first-order valence-corrected chi connectivity index (χ1v) is 9.12. The van der Waals surface area contributed by atoms with Gasteiger partial charge in [0.1, 0.15) is 10.7 Å². The second-order valence-corrected chi connectivity index (χ2v) is 6.64. The van der Waals surface area contributed by atoms with E-state index in [-0.39, 0.29) is 16.6 Å². The predicted octanol–water partition coefficient (Wildman–Crippen LogP) is 4.04. The van der Waals surface area contributed by atoms with Gasteiger partial charge in [-0.1, -0.05) is 48.0 Å². The highest BCUT2D eigenvalue weighted by atomic mass is 35.5. The Labute approximate surface area is 168 Å². The van der Waals surface area contributed by atoms with Gasteiger partial charge in [0.25, 0.3) is 5.91 Å². The van der Waals surface area contributed by atoms with Crippen molar-refractivity contribution in [2.24, 2.45) is 0 Å². The fraction of sp³-hybridized carbons (Fsp3) is 0.190. The number of amides is 1. The Morgan fingerprint density at radius 3 is 2.25 bits per heavy atom. The van der Waals surface area contributed by atoms with Gasteiger partial charge in [0.15, 0.2) is 6.10 Å². The van der Waals surface area contributed by atoms with Crippen LogP contribution in [0.15, 0.2) is 60.7 Å². The number of benzene rings is 2. The van der Waals surface area contributed by atoms with E-state index in [1.54, 1.807) is 26.1 Å². The molecule has 144 valence electrons. The lowest BCUT2D eigenvalue weighted by molar-refractivity contribution is -0.126. The van der Waals surface area contributed by atoms with Crippen molar-refractivity contribution in [1.82, 2.24) is 9.78 Å². The first-order chi connectivity index (χ1) is 13.4. The van der Waals surface area contributed by atoms with Gasteiger partial charge in [-0.15, -0.1) is 0 Å². The molecule has 0 saturated carbocycles. The van der Waals surface area contributed by atoms with Crippen LogP contribution in [0.5, 0.6) is 0 Å². The van der Waals surface area contributed by atoms with Crippen LogP contribution in [0.2, 0.25) is 5.15 Å². The number of aromatic nitrogens is 2. The summed E-state index contributed by atoms with van der Waals surface area (Å²) in [7, 11) is 1.63. The molecule has 0 N–H and O–H groups in total. The summed E-state index contributed by atoms with van der Waals surface area (Å²) in [6.45, 7) is 3.20. The van der Waals surface area contributed by atoms with Crippen molar-refractivity contribution in [3.63, 3.8) is 0 Å². The molecule has 0 spiro atoms. The third kappa shape index (κ3) is 3.92. The Morgan fingerprint density at radius 2 is 1.64 bits per heavy atom. The smallest absolute Gasteiger partial charge is 0.344 e. The number of hydrogen-bond donors (Lipinski definition) is 0. The van der Waals surface area contributed by atoms with Gasteiger partial charge < -0.3 is 9.64 Å². The highest BCUT2D eigenvalue weighted by Crippen LogP contribution is 2.25. The highest BCUT2D eigenvalue weighted by molar-refractivity contribution is 6.33. The van der Waals surface area contributed by atoms with E-state index < -0.39 is 12.1 Å². The molecule has 0 aliphatic heterocycles. The Bertz CT molecular complexity index is 987. The number of anilines is 1. The largest absolute Gasteiger partial charge is 0.449 e. The molecule has 0 saturated heterocycles. The van der Waals surface area contributed by atoms with E-state index in [0.29, 0.717) is 11.4 Å². The lowest BCUT2D eigenvalue weighted by Crippen LogP contribution is -2.37. The second-order valence-electron chi connectivity index (χ2n) is 6.28. The summed E-state index contributed by atoms with van der Waals surface area (Å²) in [4.78, 5) is 26.7. The minimum atomic E-state index is -0.978. The van der Waals surface area contributed by atoms with Gasteiger partial charge in [0.05, 0.1) is 11.4 Å². The van der Waals surface area contributed by atoms with Crippen LogP contribution in [0.25, 0.3) is 5.69 Å². The number of aryl methyl sites for hydroxylation is 1. The SMILES string of the molecule is Cc1nn(-c2ccccc2)c(Cl)c1C(=O)O[C@H](C)C(=O)N(C)c1ccccc1. The molecule has 3 aromatic rings. The summed E-state index contributed by atoms with van der Waals surface area (Å²) in [6, 6.07) is 18.4. The topological polar surface area (TPSA) is 64.4 Å². The fourth-order valence-corrected chi connectivity index (χ4v) is 3.14. The first kappa shape index (κ1) is 19.6. The van der Waals surface area contributed by atoms with Crippen LogP contribution in [-0.2, 0) is 9.53 Å². The Balaban J connectivity index is 1.78. The standard InChI is InChI=1S/C21H20ClN3O3/c1-14-18(19(22)25(23-14)17-12-8-5-9-13-17)21(27)28-15(2)20(26)24(3)16-10-6-4-7-11-16/h4-13,15H,1-3H3/t15-/m1/s1. The third-order valence-corrected chi connectivity index (χ3v) is 4.66. The molecule has 1 heterocycles. The molecule has 1 amide bonds. The quantitative estimate of drug-likeness (QED) is 0.609. The van der Waals surface area contributed by atoms with Crippen molar-refractivity contribution in [1.29, 1.82) is 0 Å². The lowest BCUT2D eigenvalue weighted by Gasteiger charge is -2.21. The van der Waals surface area contributed by atoms with Gasteiger partial charge in [-0.2, -0.15) is 5.10 Å². The first-order valence-electron chi connectivity index (χ1n) is 8.74. The molecule has 0 aliphatic carbocycles. The van der Waals surface area contributed by atoms with E-state index in [2.05, 4.69) is 5.10 Å². The molecule has 2 aromatic carbocycles. The number of esters is 1. The maximum Gasteiger partial charge on any atom is 0.344 e. The van der Waals surface area contributed by atoms with E-state index in [4.69, 9.17) is 16.3 Å². The summed E-state index contributed by atoms with van der Waals surface area (Å²) in [5, 5.41) is 4.47. The van der Waals surface area contributed by atoms with Gasteiger partial charge in [-0.05, 0) is 38.1 Å². The van der Waals surface area contributed by atoms with Crippen LogP contribution in [0, 0.1) is 6.92 Å². The Hall–Kier alpha value is -3.12. The molecular formula is C21H20ClN3O3. The van der Waals surface area contributed by atoms with Gasteiger partial charge in [-0.25, -0.2) is 9.48 Å². The number of halogens is 1. The minimum Gasteiger partial charge on any atom is -0.449 e. The van der Waals surface area contributed by atoms with E-state index in [1.165, 1.54) is 16.5 Å². The van der Waals surface area contributed by atoms with Crippen molar-refractivity contribution >= 4 is 29.2 Å². The predicted molar refractivity (Wildman–Crippen MR) is 108 cm³/mol. The minimum absolute atomic E-state index is 0.143. The van der Waals surface area contributed by atoms with E-state index in [0.717, 1.165) is 5.69 Å².